The van der Waals surface area contributed by atoms with Crippen molar-refractivity contribution in [1.29, 1.82) is 0 Å². The SMILES string of the molecule is CC1=CCCC(C)(C)[C@H]1/C=C/C(C)=C/C=C/C(C)=C/C=C/C=C(C)/C=C/C=C(C)/C=C/C=C(\C)CC[C@@H]1OC1(C)C. The Morgan fingerprint density at radius 2 is 1.20 bits per heavy atom. The Morgan fingerprint density at radius 1 is 0.732 bits per heavy atom. The second kappa shape index (κ2) is 16.5. The van der Waals surface area contributed by atoms with E-state index in [-0.39, 0.29) is 5.60 Å². The molecule has 0 amide bonds. The molecule has 0 radical (unpaired) electrons. The second-order valence-electron chi connectivity index (χ2n) is 13.2. The minimum atomic E-state index is 0.0928. The second-order valence-corrected chi connectivity index (χ2v) is 13.2. The van der Waals surface area contributed by atoms with Crippen LogP contribution in [0.15, 0.2) is 131 Å². The number of hydrogen-bond acceptors (Lipinski definition) is 1. The summed E-state index contributed by atoms with van der Waals surface area (Å²) < 4.78 is 5.67. The first-order valence-electron chi connectivity index (χ1n) is 15.4. The van der Waals surface area contributed by atoms with E-state index in [2.05, 4.69) is 166 Å². The van der Waals surface area contributed by atoms with Crippen molar-refractivity contribution in [3.05, 3.63) is 131 Å². The van der Waals surface area contributed by atoms with Crippen LogP contribution in [-0.2, 0) is 4.74 Å². The molecule has 1 fully saturated rings. The molecule has 0 N–H and O–H groups in total. The van der Waals surface area contributed by atoms with Crippen molar-refractivity contribution in [2.24, 2.45) is 11.3 Å². The summed E-state index contributed by atoms with van der Waals surface area (Å²) in [7, 11) is 0. The van der Waals surface area contributed by atoms with Crippen molar-refractivity contribution in [2.45, 2.75) is 107 Å². The van der Waals surface area contributed by atoms with Crippen molar-refractivity contribution in [1.82, 2.24) is 0 Å². The topological polar surface area (TPSA) is 12.5 Å². The van der Waals surface area contributed by atoms with Gasteiger partial charge in [-0.1, -0.05) is 145 Å². The quantitative estimate of drug-likeness (QED) is 0.126. The lowest BCUT2D eigenvalue weighted by Crippen LogP contribution is -2.26. The van der Waals surface area contributed by atoms with Gasteiger partial charge in [-0.15, -0.1) is 0 Å². The summed E-state index contributed by atoms with van der Waals surface area (Å²) in [4.78, 5) is 0. The fourth-order valence-corrected chi connectivity index (χ4v) is 5.12. The van der Waals surface area contributed by atoms with E-state index >= 15 is 0 Å². The van der Waals surface area contributed by atoms with Crippen LogP contribution in [0.4, 0.5) is 0 Å². The van der Waals surface area contributed by atoms with Crippen LogP contribution in [-0.4, -0.2) is 11.7 Å². The van der Waals surface area contributed by atoms with E-state index < -0.39 is 0 Å². The van der Waals surface area contributed by atoms with Gasteiger partial charge in [0.2, 0.25) is 0 Å². The van der Waals surface area contributed by atoms with E-state index in [9.17, 15) is 0 Å². The third-order valence-corrected chi connectivity index (χ3v) is 8.11. The Morgan fingerprint density at radius 3 is 1.68 bits per heavy atom. The first-order chi connectivity index (χ1) is 19.3. The standard InChI is InChI=1S/C40H56O/c1-31(19-13-21-33(3)22-15-24-35(5)27-29-38-40(9,10)41-38)17-11-12-18-32(2)20-14-23-34(4)26-28-37-36(6)25-16-30-39(37,7)8/h11-15,17-26,28,37-38H,16,27,29-30H2,1-10H3/b12-11+,19-13+,20-14+,22-15+,28-26+,31-17+,32-18+,33-21+,34-23+,35-24+/t37-,38-/m0/s1. The zero-order valence-electron chi connectivity index (χ0n) is 27.6. The number of rotatable bonds is 13. The minimum absolute atomic E-state index is 0.0928. The summed E-state index contributed by atoms with van der Waals surface area (Å²) in [5, 5.41) is 0. The van der Waals surface area contributed by atoms with E-state index in [1.54, 1.807) is 0 Å². The van der Waals surface area contributed by atoms with Crippen LogP contribution in [0.3, 0.4) is 0 Å². The molecule has 1 aliphatic carbocycles. The predicted octanol–water partition coefficient (Wildman–Crippen LogP) is 11.8. The zero-order chi connectivity index (χ0) is 30.5. The lowest BCUT2D eigenvalue weighted by atomic mass is 9.68. The lowest BCUT2D eigenvalue weighted by molar-refractivity contribution is 0.255. The average Bonchev–Trinajstić information content (AvgIpc) is 3.50. The van der Waals surface area contributed by atoms with Gasteiger partial charge in [0.25, 0.3) is 0 Å². The van der Waals surface area contributed by atoms with Crippen molar-refractivity contribution in [2.75, 3.05) is 0 Å². The molecule has 222 valence electrons. The highest BCUT2D eigenvalue weighted by molar-refractivity contribution is 5.33. The number of ether oxygens (including phenoxy) is 1. The predicted molar refractivity (Wildman–Crippen MR) is 183 cm³/mol. The molecule has 0 spiro atoms. The summed E-state index contributed by atoms with van der Waals surface area (Å²) in [6.45, 7) is 22.1. The van der Waals surface area contributed by atoms with Crippen LogP contribution in [0.1, 0.15) is 94.9 Å². The monoisotopic (exact) mass is 552 g/mol. The molecule has 1 saturated heterocycles. The van der Waals surface area contributed by atoms with E-state index in [1.165, 1.54) is 46.3 Å². The van der Waals surface area contributed by atoms with Crippen molar-refractivity contribution >= 4 is 0 Å². The molecule has 1 heteroatoms. The largest absolute Gasteiger partial charge is 0.367 e. The van der Waals surface area contributed by atoms with E-state index in [0.717, 1.165) is 12.8 Å². The maximum atomic E-state index is 5.67. The van der Waals surface area contributed by atoms with Crippen LogP contribution >= 0.6 is 0 Å². The summed E-state index contributed by atoms with van der Waals surface area (Å²) in [6, 6.07) is 0. The van der Waals surface area contributed by atoms with Crippen molar-refractivity contribution in [3.8, 4) is 0 Å². The van der Waals surface area contributed by atoms with Crippen LogP contribution in [0.5, 0.6) is 0 Å². The molecule has 0 unspecified atom stereocenters. The van der Waals surface area contributed by atoms with E-state index in [4.69, 9.17) is 4.74 Å². The molecular weight excluding hydrogens is 496 g/mol. The average molecular weight is 553 g/mol. The molecule has 0 saturated carbocycles. The number of hydrogen-bond donors (Lipinski definition) is 0. The van der Waals surface area contributed by atoms with Crippen LogP contribution in [0, 0.1) is 11.3 Å². The molecule has 0 bridgehead atoms. The third kappa shape index (κ3) is 13.5. The summed E-state index contributed by atoms with van der Waals surface area (Å²) in [6.07, 6.45) is 40.0. The Bertz CT molecular complexity index is 1210. The molecule has 2 rings (SSSR count). The Kier molecular flexibility index (Phi) is 13.8. The Hall–Kier alpha value is -2.90. The first kappa shape index (κ1) is 34.3. The van der Waals surface area contributed by atoms with Gasteiger partial charge in [0.15, 0.2) is 0 Å². The van der Waals surface area contributed by atoms with Crippen molar-refractivity contribution < 1.29 is 4.74 Å². The molecule has 2 aliphatic rings. The molecular formula is C40H56O. The molecule has 1 nitrogen and oxygen atoms in total. The highest BCUT2D eigenvalue weighted by atomic mass is 16.6. The lowest BCUT2D eigenvalue weighted by Gasteiger charge is -2.36. The van der Waals surface area contributed by atoms with Gasteiger partial charge in [0, 0.05) is 5.92 Å². The van der Waals surface area contributed by atoms with Gasteiger partial charge < -0.3 is 4.74 Å². The van der Waals surface area contributed by atoms with Crippen molar-refractivity contribution in [3.63, 3.8) is 0 Å². The molecule has 0 aromatic carbocycles. The maximum Gasteiger partial charge on any atom is 0.0892 e. The fraction of sp³-hybridized carbons (Fsp3) is 0.450. The third-order valence-electron chi connectivity index (χ3n) is 8.11. The molecule has 0 aromatic rings. The smallest absolute Gasteiger partial charge is 0.0892 e. The van der Waals surface area contributed by atoms with Gasteiger partial charge in [-0.25, -0.2) is 0 Å². The molecule has 1 aliphatic heterocycles. The van der Waals surface area contributed by atoms with E-state index in [0.29, 0.717) is 17.4 Å². The molecule has 1 heterocycles. The minimum Gasteiger partial charge on any atom is -0.367 e. The highest BCUT2D eigenvalue weighted by Gasteiger charge is 2.46. The van der Waals surface area contributed by atoms with Crippen LogP contribution in [0.25, 0.3) is 0 Å². The molecule has 41 heavy (non-hydrogen) atoms. The van der Waals surface area contributed by atoms with Gasteiger partial charge in [-0.2, -0.15) is 0 Å². The summed E-state index contributed by atoms with van der Waals surface area (Å²) in [5.41, 5.74) is 8.28. The number of epoxide rings is 1. The van der Waals surface area contributed by atoms with Gasteiger partial charge in [-0.05, 0) is 86.5 Å². The normalized spacial score (nSPS) is 24.5. The van der Waals surface area contributed by atoms with Gasteiger partial charge in [0.05, 0.1) is 11.7 Å². The summed E-state index contributed by atoms with van der Waals surface area (Å²) >= 11 is 0. The van der Waals surface area contributed by atoms with Crippen LogP contribution in [0.2, 0.25) is 0 Å². The number of allylic oxidation sites excluding steroid dienone is 22. The summed E-state index contributed by atoms with van der Waals surface area (Å²) in [5.74, 6) is 0.529. The first-order valence-corrected chi connectivity index (χ1v) is 15.4. The Balaban J connectivity index is 1.78. The van der Waals surface area contributed by atoms with E-state index in [1.807, 2.05) is 0 Å². The van der Waals surface area contributed by atoms with Crippen LogP contribution < -0.4 is 0 Å². The highest BCUT2D eigenvalue weighted by Crippen LogP contribution is 2.41. The van der Waals surface area contributed by atoms with Gasteiger partial charge in [0.1, 0.15) is 0 Å². The maximum absolute atomic E-state index is 5.67. The van der Waals surface area contributed by atoms with Gasteiger partial charge in [-0.3, -0.25) is 0 Å². The Labute approximate surface area is 252 Å². The zero-order valence-corrected chi connectivity index (χ0v) is 27.6. The fourth-order valence-electron chi connectivity index (χ4n) is 5.12. The molecule has 2 atom stereocenters. The van der Waals surface area contributed by atoms with Gasteiger partial charge >= 0.3 is 0 Å². The molecule has 0 aromatic heterocycles.